The van der Waals surface area contributed by atoms with Crippen molar-refractivity contribution < 1.29 is 4.74 Å². The molecule has 120 valence electrons. The molecule has 0 aromatic heterocycles. The van der Waals surface area contributed by atoms with Crippen LogP contribution in [0.4, 0.5) is 0 Å². The van der Waals surface area contributed by atoms with Crippen molar-refractivity contribution in [2.45, 2.75) is 38.2 Å². The predicted molar refractivity (Wildman–Crippen MR) is 94.1 cm³/mol. The lowest BCUT2D eigenvalue weighted by molar-refractivity contribution is 0.0728. The van der Waals surface area contributed by atoms with Gasteiger partial charge in [0.25, 0.3) is 0 Å². The van der Waals surface area contributed by atoms with E-state index in [1.807, 2.05) is 0 Å². The minimum atomic E-state index is -0.0575. The van der Waals surface area contributed by atoms with E-state index in [9.17, 15) is 0 Å². The van der Waals surface area contributed by atoms with Crippen molar-refractivity contribution in [3.05, 3.63) is 65.2 Å². The Bertz CT molecular complexity index is 675. The molecule has 0 aliphatic carbocycles. The normalized spacial score (nSPS) is 23.7. The summed E-state index contributed by atoms with van der Waals surface area (Å²) in [6, 6.07) is 17.4. The number of rotatable bonds is 4. The van der Waals surface area contributed by atoms with Crippen LogP contribution in [0, 0.1) is 0 Å². The van der Waals surface area contributed by atoms with Gasteiger partial charge in [-0.3, -0.25) is 4.90 Å². The van der Waals surface area contributed by atoms with Crippen LogP contribution in [0.5, 0.6) is 5.75 Å². The maximum absolute atomic E-state index is 6.32. The molecule has 0 radical (unpaired) electrons. The molecule has 2 aliphatic rings. The van der Waals surface area contributed by atoms with Crippen LogP contribution in [-0.4, -0.2) is 30.1 Å². The molecule has 0 N–H and O–H groups in total. The van der Waals surface area contributed by atoms with Crippen LogP contribution in [0.2, 0.25) is 0 Å². The Kier molecular flexibility index (Phi) is 3.86. The topological polar surface area (TPSA) is 12.5 Å². The first-order valence-corrected chi connectivity index (χ1v) is 8.77. The fourth-order valence-corrected chi connectivity index (χ4v) is 4.02. The fourth-order valence-electron chi connectivity index (χ4n) is 4.02. The molecule has 1 unspecified atom stereocenters. The van der Waals surface area contributed by atoms with Gasteiger partial charge in [-0.15, -0.1) is 0 Å². The van der Waals surface area contributed by atoms with Gasteiger partial charge in [0, 0.05) is 13.0 Å². The molecule has 1 saturated heterocycles. The van der Waals surface area contributed by atoms with Gasteiger partial charge in [0.2, 0.25) is 0 Å². The highest BCUT2D eigenvalue weighted by Crippen LogP contribution is 2.36. The summed E-state index contributed by atoms with van der Waals surface area (Å²) in [5, 5.41) is 0. The molecule has 0 bridgehead atoms. The first-order valence-electron chi connectivity index (χ1n) is 8.77. The van der Waals surface area contributed by atoms with Crippen LogP contribution in [-0.2, 0) is 12.8 Å². The first-order chi connectivity index (χ1) is 11.2. The van der Waals surface area contributed by atoms with Crippen LogP contribution < -0.4 is 4.74 Å². The number of ether oxygens (including phenoxy) is 1. The van der Waals surface area contributed by atoms with Gasteiger partial charge in [0.05, 0.1) is 0 Å². The van der Waals surface area contributed by atoms with Gasteiger partial charge in [-0.2, -0.15) is 0 Å². The Morgan fingerprint density at radius 1 is 1.00 bits per heavy atom. The zero-order chi connectivity index (χ0) is 15.7. The molecular formula is C21H25NO. The van der Waals surface area contributed by atoms with E-state index in [-0.39, 0.29) is 5.60 Å². The van der Waals surface area contributed by atoms with Crippen LogP contribution >= 0.6 is 0 Å². The van der Waals surface area contributed by atoms with Gasteiger partial charge in [-0.25, -0.2) is 0 Å². The van der Waals surface area contributed by atoms with Gasteiger partial charge in [0.1, 0.15) is 11.4 Å². The van der Waals surface area contributed by atoms with Crippen LogP contribution in [0.1, 0.15) is 36.5 Å². The number of benzene rings is 2. The molecule has 4 rings (SSSR count). The summed E-state index contributed by atoms with van der Waals surface area (Å²) < 4.78 is 6.32. The zero-order valence-corrected chi connectivity index (χ0v) is 13.9. The molecule has 2 aromatic rings. The summed E-state index contributed by atoms with van der Waals surface area (Å²) in [6.45, 7) is 5.78. The molecule has 2 aromatic carbocycles. The van der Waals surface area contributed by atoms with E-state index >= 15 is 0 Å². The molecule has 0 spiro atoms. The molecule has 23 heavy (non-hydrogen) atoms. The average molecular weight is 307 g/mol. The van der Waals surface area contributed by atoms with E-state index in [4.69, 9.17) is 4.74 Å². The molecule has 1 fully saturated rings. The summed E-state index contributed by atoms with van der Waals surface area (Å²) in [5.41, 5.74) is 4.06. The number of fused-ring (bicyclic) bond motifs is 1. The third-order valence-corrected chi connectivity index (χ3v) is 5.05. The zero-order valence-electron chi connectivity index (χ0n) is 13.9. The van der Waals surface area contributed by atoms with Gasteiger partial charge < -0.3 is 4.74 Å². The Morgan fingerprint density at radius 3 is 2.57 bits per heavy atom. The molecule has 2 aliphatic heterocycles. The molecule has 2 nitrogen and oxygen atoms in total. The summed E-state index contributed by atoms with van der Waals surface area (Å²) in [7, 11) is 0. The molecule has 1 atom stereocenters. The monoisotopic (exact) mass is 307 g/mol. The summed E-state index contributed by atoms with van der Waals surface area (Å²) >= 11 is 0. The quantitative estimate of drug-likeness (QED) is 0.844. The Labute approximate surface area is 139 Å². The third kappa shape index (κ3) is 3.28. The maximum Gasteiger partial charge on any atom is 0.123 e. The number of nitrogens with zero attached hydrogens (tertiary/aromatic N) is 1. The smallest absolute Gasteiger partial charge is 0.123 e. The lowest BCUT2D eigenvalue weighted by Crippen LogP contribution is -2.43. The van der Waals surface area contributed by atoms with Crippen molar-refractivity contribution in [3.8, 4) is 5.75 Å². The van der Waals surface area contributed by atoms with E-state index < -0.39 is 0 Å². The van der Waals surface area contributed by atoms with E-state index in [0.29, 0.717) is 0 Å². The summed E-state index contributed by atoms with van der Waals surface area (Å²) in [5.74, 6) is 1.09. The molecular weight excluding hydrogens is 282 g/mol. The number of hydrogen-bond donors (Lipinski definition) is 0. The van der Waals surface area contributed by atoms with E-state index in [1.54, 1.807) is 0 Å². The van der Waals surface area contributed by atoms with E-state index in [1.165, 1.54) is 42.6 Å². The Morgan fingerprint density at radius 2 is 1.78 bits per heavy atom. The lowest BCUT2D eigenvalue weighted by Gasteiger charge is -2.29. The minimum absolute atomic E-state index is 0.0575. The minimum Gasteiger partial charge on any atom is -0.486 e. The summed E-state index contributed by atoms with van der Waals surface area (Å²) in [6.07, 6.45) is 4.70. The van der Waals surface area contributed by atoms with E-state index in [2.05, 4.69) is 60.4 Å². The van der Waals surface area contributed by atoms with Gasteiger partial charge in [0.15, 0.2) is 0 Å². The van der Waals surface area contributed by atoms with Crippen molar-refractivity contribution in [3.63, 3.8) is 0 Å². The van der Waals surface area contributed by atoms with Crippen molar-refractivity contribution in [1.82, 2.24) is 4.90 Å². The second-order valence-electron chi connectivity index (χ2n) is 7.32. The predicted octanol–water partition coefficient (Wildman–Crippen LogP) is 4.07. The van der Waals surface area contributed by atoms with Crippen molar-refractivity contribution in [2.24, 2.45) is 0 Å². The van der Waals surface area contributed by atoms with Crippen LogP contribution in [0.3, 0.4) is 0 Å². The fraction of sp³-hybridized carbons (Fsp3) is 0.429. The number of likely N-dealkylation sites (tertiary alicyclic amines) is 1. The molecule has 0 saturated carbocycles. The van der Waals surface area contributed by atoms with Gasteiger partial charge in [-0.1, -0.05) is 42.5 Å². The highest BCUT2D eigenvalue weighted by molar-refractivity contribution is 5.43. The van der Waals surface area contributed by atoms with Crippen molar-refractivity contribution in [2.75, 3.05) is 19.6 Å². The van der Waals surface area contributed by atoms with Crippen molar-refractivity contribution >= 4 is 0 Å². The van der Waals surface area contributed by atoms with Gasteiger partial charge >= 0.3 is 0 Å². The Balaban J connectivity index is 1.48. The number of hydrogen-bond acceptors (Lipinski definition) is 2. The largest absolute Gasteiger partial charge is 0.486 e. The Hall–Kier alpha value is -1.80. The summed E-state index contributed by atoms with van der Waals surface area (Å²) in [4.78, 5) is 2.55. The average Bonchev–Trinajstić information content (AvgIpc) is 3.14. The van der Waals surface area contributed by atoms with Crippen LogP contribution in [0.15, 0.2) is 48.5 Å². The highest BCUT2D eigenvalue weighted by Gasteiger charge is 2.37. The van der Waals surface area contributed by atoms with E-state index in [0.717, 1.165) is 25.1 Å². The lowest BCUT2D eigenvalue weighted by atomic mass is 9.96. The standard InChI is InChI=1S/C21H25NO/c1-21(16-22-11-5-6-12-22)15-19-14-18(9-10-20(19)23-21)13-17-7-3-2-4-8-17/h2-4,7-10,14H,5-6,11-13,15-16H2,1H3. The third-order valence-electron chi connectivity index (χ3n) is 5.05. The SMILES string of the molecule is CC1(CN2CCCC2)Cc2cc(Cc3ccccc3)ccc2O1. The molecule has 2 heteroatoms. The first kappa shape index (κ1) is 14.8. The maximum atomic E-state index is 6.32. The van der Waals surface area contributed by atoms with Crippen LogP contribution in [0.25, 0.3) is 0 Å². The van der Waals surface area contributed by atoms with Gasteiger partial charge in [-0.05, 0) is 62.0 Å². The molecule has 2 heterocycles. The van der Waals surface area contributed by atoms with Crippen molar-refractivity contribution in [1.29, 1.82) is 0 Å². The second kappa shape index (κ2) is 6.01. The second-order valence-corrected chi connectivity index (χ2v) is 7.32. The highest BCUT2D eigenvalue weighted by atomic mass is 16.5. The molecule has 0 amide bonds.